The Morgan fingerprint density at radius 2 is 1.74 bits per heavy atom. The molecule has 19 heavy (non-hydrogen) atoms. The number of β-amino-alcohol motifs (C(OH)–C–C–N with tert-alkyl or cyclic N) is 1. The molecular formula is C13H20N2O3S. The standard InChI is InChI=1S/C13H20N2O3S/c1-19(17,18)15-9-7-14(8-10-15)11-13(16)12-5-3-2-4-6-12/h2-6,13,16H,7-11H2,1H3/t13-/m1/s1. The maximum absolute atomic E-state index is 11.4. The molecule has 1 aliphatic heterocycles. The Morgan fingerprint density at radius 1 is 1.16 bits per heavy atom. The molecule has 6 heteroatoms. The van der Waals surface area contributed by atoms with E-state index in [1.165, 1.54) is 10.6 Å². The topological polar surface area (TPSA) is 60.9 Å². The number of piperazine rings is 1. The van der Waals surface area contributed by atoms with Gasteiger partial charge in [0.15, 0.2) is 0 Å². The lowest BCUT2D eigenvalue weighted by Gasteiger charge is -2.34. The van der Waals surface area contributed by atoms with E-state index in [4.69, 9.17) is 0 Å². The molecule has 2 rings (SSSR count). The zero-order chi connectivity index (χ0) is 13.9. The lowest BCUT2D eigenvalue weighted by atomic mass is 10.1. The number of hydrogen-bond donors (Lipinski definition) is 1. The molecule has 1 heterocycles. The molecule has 0 unspecified atom stereocenters. The molecule has 1 fully saturated rings. The van der Waals surface area contributed by atoms with Gasteiger partial charge in [-0.2, -0.15) is 4.31 Å². The number of benzene rings is 1. The van der Waals surface area contributed by atoms with E-state index in [1.54, 1.807) is 0 Å². The molecule has 0 spiro atoms. The van der Waals surface area contributed by atoms with Gasteiger partial charge in [-0.25, -0.2) is 8.42 Å². The van der Waals surface area contributed by atoms with Crippen molar-refractivity contribution in [3.8, 4) is 0 Å². The molecule has 1 N–H and O–H groups in total. The van der Waals surface area contributed by atoms with Gasteiger partial charge in [0, 0.05) is 32.7 Å². The summed E-state index contributed by atoms with van der Waals surface area (Å²) in [5, 5.41) is 10.1. The first-order valence-corrected chi connectivity index (χ1v) is 8.22. The minimum absolute atomic E-state index is 0.500. The van der Waals surface area contributed by atoms with Gasteiger partial charge >= 0.3 is 0 Å². The predicted octanol–water partition coefficient (Wildman–Crippen LogP) is 0.297. The summed E-state index contributed by atoms with van der Waals surface area (Å²) in [6.07, 6.45) is 0.715. The molecule has 1 saturated heterocycles. The van der Waals surface area contributed by atoms with Crippen LogP contribution < -0.4 is 0 Å². The van der Waals surface area contributed by atoms with Crippen molar-refractivity contribution in [1.29, 1.82) is 0 Å². The van der Waals surface area contributed by atoms with Crippen LogP contribution in [0.4, 0.5) is 0 Å². The highest BCUT2D eigenvalue weighted by Gasteiger charge is 2.24. The summed E-state index contributed by atoms with van der Waals surface area (Å²) < 4.78 is 24.3. The number of aliphatic hydroxyl groups excluding tert-OH is 1. The summed E-state index contributed by atoms with van der Waals surface area (Å²) in [5.41, 5.74) is 0.896. The Hall–Kier alpha value is -0.950. The first-order valence-electron chi connectivity index (χ1n) is 6.37. The number of sulfonamides is 1. The summed E-state index contributed by atoms with van der Waals surface area (Å²) >= 11 is 0. The molecule has 0 aliphatic carbocycles. The van der Waals surface area contributed by atoms with E-state index in [0.29, 0.717) is 32.7 Å². The molecule has 0 radical (unpaired) electrons. The Morgan fingerprint density at radius 3 is 2.26 bits per heavy atom. The fourth-order valence-corrected chi connectivity index (χ4v) is 3.10. The average Bonchev–Trinajstić information content (AvgIpc) is 2.39. The largest absolute Gasteiger partial charge is 0.387 e. The van der Waals surface area contributed by atoms with Gasteiger partial charge in [0.05, 0.1) is 12.4 Å². The van der Waals surface area contributed by atoms with Crippen molar-refractivity contribution in [3.63, 3.8) is 0 Å². The molecule has 0 aromatic heterocycles. The van der Waals surface area contributed by atoms with Crippen LogP contribution in [0.25, 0.3) is 0 Å². The third-order valence-corrected chi connectivity index (χ3v) is 4.72. The molecule has 0 amide bonds. The highest BCUT2D eigenvalue weighted by atomic mass is 32.2. The Kier molecular flexibility index (Phi) is 4.57. The van der Waals surface area contributed by atoms with Gasteiger partial charge in [-0.3, -0.25) is 4.90 Å². The van der Waals surface area contributed by atoms with E-state index in [9.17, 15) is 13.5 Å². The average molecular weight is 284 g/mol. The van der Waals surface area contributed by atoms with E-state index in [-0.39, 0.29) is 0 Å². The second kappa shape index (κ2) is 6.00. The first-order chi connectivity index (χ1) is 8.97. The maximum atomic E-state index is 11.4. The maximum Gasteiger partial charge on any atom is 0.211 e. The van der Waals surface area contributed by atoms with Crippen LogP contribution in [-0.4, -0.2) is 61.7 Å². The molecule has 1 aromatic carbocycles. The number of rotatable bonds is 4. The van der Waals surface area contributed by atoms with E-state index in [0.717, 1.165) is 5.56 Å². The molecule has 106 valence electrons. The van der Waals surface area contributed by atoms with E-state index >= 15 is 0 Å². The predicted molar refractivity (Wildman–Crippen MR) is 74.3 cm³/mol. The van der Waals surface area contributed by atoms with Crippen LogP contribution in [0.1, 0.15) is 11.7 Å². The van der Waals surface area contributed by atoms with Gasteiger partial charge in [-0.15, -0.1) is 0 Å². The smallest absolute Gasteiger partial charge is 0.211 e. The zero-order valence-corrected chi connectivity index (χ0v) is 11.9. The molecule has 1 atom stereocenters. The van der Waals surface area contributed by atoms with Crippen molar-refractivity contribution >= 4 is 10.0 Å². The second-order valence-electron chi connectivity index (χ2n) is 4.89. The monoisotopic (exact) mass is 284 g/mol. The fourth-order valence-electron chi connectivity index (χ4n) is 2.27. The minimum Gasteiger partial charge on any atom is -0.387 e. The van der Waals surface area contributed by atoms with Crippen LogP contribution in [-0.2, 0) is 10.0 Å². The van der Waals surface area contributed by atoms with Gasteiger partial charge in [0.2, 0.25) is 10.0 Å². The summed E-state index contributed by atoms with van der Waals surface area (Å²) in [5.74, 6) is 0. The lowest BCUT2D eigenvalue weighted by Crippen LogP contribution is -2.49. The summed E-state index contributed by atoms with van der Waals surface area (Å²) in [7, 11) is -3.09. The minimum atomic E-state index is -3.09. The lowest BCUT2D eigenvalue weighted by molar-refractivity contribution is 0.0922. The Labute approximate surface area is 114 Å². The molecule has 1 aliphatic rings. The van der Waals surface area contributed by atoms with Crippen LogP contribution in [0.2, 0.25) is 0 Å². The molecule has 5 nitrogen and oxygen atoms in total. The summed E-state index contributed by atoms with van der Waals surface area (Å²) in [6.45, 7) is 2.87. The zero-order valence-electron chi connectivity index (χ0n) is 11.1. The first kappa shape index (κ1) is 14.5. The van der Waals surface area contributed by atoms with Crippen molar-refractivity contribution in [3.05, 3.63) is 35.9 Å². The normalized spacial score (nSPS) is 20.3. The molecule has 0 saturated carbocycles. The van der Waals surface area contributed by atoms with Gasteiger partial charge in [-0.1, -0.05) is 30.3 Å². The van der Waals surface area contributed by atoms with Crippen molar-refractivity contribution in [2.45, 2.75) is 6.10 Å². The summed E-state index contributed by atoms with van der Waals surface area (Å²) in [4.78, 5) is 2.10. The third-order valence-electron chi connectivity index (χ3n) is 3.42. The van der Waals surface area contributed by atoms with Crippen LogP contribution in [0.15, 0.2) is 30.3 Å². The fraction of sp³-hybridized carbons (Fsp3) is 0.538. The van der Waals surface area contributed by atoms with Gasteiger partial charge < -0.3 is 5.11 Å². The van der Waals surface area contributed by atoms with Crippen LogP contribution >= 0.6 is 0 Å². The number of nitrogens with zero attached hydrogens (tertiary/aromatic N) is 2. The van der Waals surface area contributed by atoms with E-state index in [2.05, 4.69) is 4.90 Å². The quantitative estimate of drug-likeness (QED) is 0.864. The number of hydrogen-bond acceptors (Lipinski definition) is 4. The Bertz CT molecular complexity index is 496. The molecule has 0 bridgehead atoms. The van der Waals surface area contributed by atoms with Gasteiger partial charge in [0.1, 0.15) is 0 Å². The van der Waals surface area contributed by atoms with Crippen LogP contribution in [0.5, 0.6) is 0 Å². The SMILES string of the molecule is CS(=O)(=O)N1CCN(C[C@@H](O)c2ccccc2)CC1. The second-order valence-corrected chi connectivity index (χ2v) is 6.87. The van der Waals surface area contributed by atoms with E-state index < -0.39 is 16.1 Å². The van der Waals surface area contributed by atoms with E-state index in [1.807, 2.05) is 30.3 Å². The van der Waals surface area contributed by atoms with Crippen molar-refractivity contribution in [1.82, 2.24) is 9.21 Å². The third kappa shape index (κ3) is 4.01. The van der Waals surface area contributed by atoms with Gasteiger partial charge in [-0.05, 0) is 5.56 Å². The highest BCUT2D eigenvalue weighted by molar-refractivity contribution is 7.88. The van der Waals surface area contributed by atoms with Crippen molar-refractivity contribution < 1.29 is 13.5 Å². The van der Waals surface area contributed by atoms with Crippen molar-refractivity contribution in [2.75, 3.05) is 39.0 Å². The highest BCUT2D eigenvalue weighted by Crippen LogP contribution is 2.15. The van der Waals surface area contributed by atoms with Crippen molar-refractivity contribution in [2.24, 2.45) is 0 Å². The molecular weight excluding hydrogens is 264 g/mol. The Balaban J connectivity index is 1.86. The number of aliphatic hydroxyl groups is 1. The summed E-state index contributed by atoms with van der Waals surface area (Å²) in [6, 6.07) is 9.52. The van der Waals surface area contributed by atoms with Crippen LogP contribution in [0.3, 0.4) is 0 Å². The molecule has 1 aromatic rings. The van der Waals surface area contributed by atoms with Gasteiger partial charge in [0.25, 0.3) is 0 Å². The van der Waals surface area contributed by atoms with Crippen LogP contribution in [0, 0.1) is 0 Å².